The van der Waals surface area contributed by atoms with Gasteiger partial charge in [0.2, 0.25) is 5.91 Å². The van der Waals surface area contributed by atoms with Gasteiger partial charge in [-0.15, -0.1) is 0 Å². The smallest absolute Gasteiger partial charge is 0.314 e. The maximum Gasteiger partial charge on any atom is 0.314 e. The van der Waals surface area contributed by atoms with E-state index in [1.807, 2.05) is 0 Å². The Morgan fingerprint density at radius 2 is 1.75 bits per heavy atom. The highest BCUT2D eigenvalue weighted by Crippen LogP contribution is 2.25. The number of benzene rings is 2. The lowest BCUT2D eigenvalue weighted by Crippen LogP contribution is -2.35. The first kappa shape index (κ1) is 19.0. The van der Waals surface area contributed by atoms with Gasteiger partial charge in [-0.1, -0.05) is 18.2 Å². The van der Waals surface area contributed by atoms with Crippen molar-refractivity contribution in [2.45, 2.75) is 19.3 Å². The molecule has 0 atom stereocenters. The Morgan fingerprint density at radius 3 is 2.50 bits per heavy atom. The van der Waals surface area contributed by atoms with Crippen molar-refractivity contribution in [3.8, 4) is 0 Å². The number of piperidine rings is 1. The van der Waals surface area contributed by atoms with E-state index in [0.717, 1.165) is 12.8 Å². The predicted molar refractivity (Wildman–Crippen MR) is 103 cm³/mol. The van der Waals surface area contributed by atoms with Crippen LogP contribution in [-0.2, 0) is 14.4 Å². The minimum Gasteiger partial charge on any atom is -0.318 e. The number of nitro groups is 1. The van der Waals surface area contributed by atoms with Gasteiger partial charge in [-0.3, -0.25) is 24.5 Å². The number of anilines is 3. The zero-order chi connectivity index (χ0) is 20.1. The van der Waals surface area contributed by atoms with E-state index < -0.39 is 16.7 Å². The van der Waals surface area contributed by atoms with Crippen LogP contribution in [0.3, 0.4) is 0 Å². The van der Waals surface area contributed by atoms with E-state index in [0.29, 0.717) is 24.3 Å². The maximum atomic E-state index is 12.2. The number of nitrogens with zero attached hydrogens (tertiary/aromatic N) is 2. The first-order chi connectivity index (χ1) is 13.5. The van der Waals surface area contributed by atoms with Crippen LogP contribution in [0.4, 0.5) is 22.7 Å². The predicted octanol–water partition coefficient (Wildman–Crippen LogP) is 2.69. The summed E-state index contributed by atoms with van der Waals surface area (Å²) in [5.74, 6) is -1.99. The number of hydrogen-bond donors (Lipinski definition) is 2. The number of nitrogens with one attached hydrogen (secondary N) is 2. The summed E-state index contributed by atoms with van der Waals surface area (Å²) in [7, 11) is 0. The quantitative estimate of drug-likeness (QED) is 0.478. The first-order valence-electron chi connectivity index (χ1n) is 8.72. The van der Waals surface area contributed by atoms with Gasteiger partial charge in [0.05, 0.1) is 4.92 Å². The van der Waals surface area contributed by atoms with E-state index >= 15 is 0 Å². The minimum absolute atomic E-state index is 0.0175. The Hall–Kier alpha value is -3.75. The van der Waals surface area contributed by atoms with E-state index in [1.165, 1.54) is 24.3 Å². The first-order valence-corrected chi connectivity index (χ1v) is 8.72. The average Bonchev–Trinajstić information content (AvgIpc) is 2.68. The molecule has 3 amide bonds. The zero-order valence-electron chi connectivity index (χ0n) is 14.9. The third kappa shape index (κ3) is 4.32. The van der Waals surface area contributed by atoms with Crippen molar-refractivity contribution in [2.24, 2.45) is 0 Å². The molecule has 144 valence electrons. The minimum atomic E-state index is -1.03. The summed E-state index contributed by atoms with van der Waals surface area (Å²) in [5.41, 5.74) is 0.606. The van der Waals surface area contributed by atoms with Crippen LogP contribution in [0.25, 0.3) is 0 Å². The molecule has 2 N–H and O–H groups in total. The SMILES string of the molecule is O=C(Nc1cccc(N2CCCCC2=O)c1)C(=O)Nc1ccccc1[N+](=O)[O-]. The molecule has 1 aliphatic rings. The average molecular weight is 382 g/mol. The van der Waals surface area contributed by atoms with Gasteiger partial charge in [-0.25, -0.2) is 0 Å². The summed E-state index contributed by atoms with van der Waals surface area (Å²) in [4.78, 5) is 48.3. The summed E-state index contributed by atoms with van der Waals surface area (Å²) in [6.07, 6.45) is 2.24. The summed E-state index contributed by atoms with van der Waals surface area (Å²) in [6.45, 7) is 0.606. The molecule has 0 bridgehead atoms. The molecule has 3 rings (SSSR count). The van der Waals surface area contributed by atoms with Crippen LogP contribution in [0.5, 0.6) is 0 Å². The van der Waals surface area contributed by atoms with Crippen molar-refractivity contribution in [2.75, 3.05) is 22.1 Å². The van der Waals surface area contributed by atoms with Crippen LogP contribution in [0.1, 0.15) is 19.3 Å². The van der Waals surface area contributed by atoms with Gasteiger partial charge in [0, 0.05) is 30.4 Å². The van der Waals surface area contributed by atoms with Crippen molar-refractivity contribution in [1.82, 2.24) is 0 Å². The number of rotatable bonds is 4. The lowest BCUT2D eigenvalue weighted by molar-refractivity contribution is -0.383. The highest BCUT2D eigenvalue weighted by Gasteiger charge is 2.22. The fraction of sp³-hybridized carbons (Fsp3) is 0.211. The van der Waals surface area contributed by atoms with E-state index in [9.17, 15) is 24.5 Å². The molecular weight excluding hydrogens is 364 g/mol. The number of para-hydroxylation sites is 2. The van der Waals surface area contributed by atoms with Crippen LogP contribution >= 0.6 is 0 Å². The second kappa shape index (κ2) is 8.30. The second-order valence-electron chi connectivity index (χ2n) is 6.24. The zero-order valence-corrected chi connectivity index (χ0v) is 14.9. The van der Waals surface area contributed by atoms with E-state index in [4.69, 9.17) is 0 Å². The number of hydrogen-bond acceptors (Lipinski definition) is 5. The number of carbonyl (C=O) groups excluding carboxylic acids is 3. The van der Waals surface area contributed by atoms with Crippen molar-refractivity contribution in [3.05, 3.63) is 58.6 Å². The molecule has 2 aromatic rings. The van der Waals surface area contributed by atoms with E-state index in [-0.39, 0.29) is 17.3 Å². The van der Waals surface area contributed by atoms with Crippen molar-refractivity contribution in [3.63, 3.8) is 0 Å². The lowest BCUT2D eigenvalue weighted by atomic mass is 10.1. The van der Waals surface area contributed by atoms with Gasteiger partial charge >= 0.3 is 11.8 Å². The van der Waals surface area contributed by atoms with Gasteiger partial charge in [0.25, 0.3) is 5.69 Å². The Balaban J connectivity index is 1.69. The molecule has 0 spiro atoms. The molecule has 9 nitrogen and oxygen atoms in total. The monoisotopic (exact) mass is 382 g/mol. The lowest BCUT2D eigenvalue weighted by Gasteiger charge is -2.27. The molecule has 1 heterocycles. The molecular formula is C19H18N4O5. The molecule has 1 saturated heterocycles. The normalized spacial score (nSPS) is 13.7. The summed E-state index contributed by atoms with van der Waals surface area (Å²) in [5, 5.41) is 15.7. The summed E-state index contributed by atoms with van der Waals surface area (Å²) >= 11 is 0. The molecule has 28 heavy (non-hydrogen) atoms. The fourth-order valence-electron chi connectivity index (χ4n) is 2.94. The Labute approximate surface area is 160 Å². The maximum absolute atomic E-state index is 12.2. The molecule has 0 radical (unpaired) electrons. The van der Waals surface area contributed by atoms with Gasteiger partial charge in [-0.05, 0) is 37.1 Å². The number of amides is 3. The molecule has 2 aromatic carbocycles. The summed E-state index contributed by atoms with van der Waals surface area (Å²) in [6, 6.07) is 12.2. The molecule has 0 aliphatic carbocycles. The Bertz CT molecular complexity index is 943. The van der Waals surface area contributed by atoms with Crippen molar-refractivity contribution >= 4 is 40.5 Å². The Kier molecular flexibility index (Phi) is 5.64. The van der Waals surface area contributed by atoms with Crippen molar-refractivity contribution in [1.29, 1.82) is 0 Å². The molecule has 0 unspecified atom stereocenters. The van der Waals surface area contributed by atoms with Crippen LogP contribution in [0.2, 0.25) is 0 Å². The van der Waals surface area contributed by atoms with Crippen LogP contribution in [-0.4, -0.2) is 29.2 Å². The van der Waals surface area contributed by atoms with Gasteiger partial charge < -0.3 is 15.5 Å². The molecule has 1 aliphatic heterocycles. The molecule has 0 aromatic heterocycles. The fourth-order valence-corrected chi connectivity index (χ4v) is 2.94. The largest absolute Gasteiger partial charge is 0.318 e. The topological polar surface area (TPSA) is 122 Å². The van der Waals surface area contributed by atoms with Crippen LogP contribution in [0, 0.1) is 10.1 Å². The second-order valence-corrected chi connectivity index (χ2v) is 6.24. The highest BCUT2D eigenvalue weighted by atomic mass is 16.6. The highest BCUT2D eigenvalue weighted by molar-refractivity contribution is 6.43. The van der Waals surface area contributed by atoms with Crippen LogP contribution < -0.4 is 15.5 Å². The van der Waals surface area contributed by atoms with Gasteiger partial charge in [0.1, 0.15) is 5.69 Å². The third-order valence-corrected chi connectivity index (χ3v) is 4.29. The number of carbonyl (C=O) groups is 3. The number of nitro benzene ring substituents is 1. The molecule has 9 heteroatoms. The molecule has 1 fully saturated rings. The Morgan fingerprint density at radius 1 is 1.00 bits per heavy atom. The van der Waals surface area contributed by atoms with Crippen molar-refractivity contribution < 1.29 is 19.3 Å². The van der Waals surface area contributed by atoms with E-state index in [2.05, 4.69) is 10.6 Å². The van der Waals surface area contributed by atoms with Gasteiger partial charge in [0.15, 0.2) is 0 Å². The van der Waals surface area contributed by atoms with E-state index in [1.54, 1.807) is 29.2 Å². The molecule has 0 saturated carbocycles. The van der Waals surface area contributed by atoms with Crippen LogP contribution in [0.15, 0.2) is 48.5 Å². The van der Waals surface area contributed by atoms with Gasteiger partial charge in [-0.2, -0.15) is 0 Å². The standard InChI is InChI=1S/C19H18N4O5/c24-17-10-3-4-11-22(17)14-7-5-6-13(12-14)20-18(25)19(26)21-15-8-1-2-9-16(15)23(27)28/h1-2,5-9,12H,3-4,10-11H2,(H,20,25)(H,21,26). The third-order valence-electron chi connectivity index (χ3n) is 4.29. The summed E-state index contributed by atoms with van der Waals surface area (Å²) < 4.78 is 0.